The van der Waals surface area contributed by atoms with Crippen molar-refractivity contribution >= 4 is 16.9 Å². The van der Waals surface area contributed by atoms with Crippen molar-refractivity contribution in [2.45, 2.75) is 26.2 Å². The molecule has 1 unspecified atom stereocenters. The largest absolute Gasteiger partial charge is 0.478 e. The summed E-state index contributed by atoms with van der Waals surface area (Å²) in [5, 5.41) is 10.2. The van der Waals surface area contributed by atoms with Crippen LogP contribution in [-0.4, -0.2) is 16.1 Å². The Hall–Kier alpha value is -2.75. The van der Waals surface area contributed by atoms with Crippen LogP contribution in [0.1, 0.15) is 42.1 Å². The summed E-state index contributed by atoms with van der Waals surface area (Å²) in [6.45, 7) is 4.21. The van der Waals surface area contributed by atoms with E-state index in [-0.39, 0.29) is 11.4 Å². The molecule has 2 aromatic carbocycles. The van der Waals surface area contributed by atoms with E-state index < -0.39 is 5.97 Å². The van der Waals surface area contributed by atoms with Gasteiger partial charge in [-0.25, -0.2) is 14.2 Å². The Bertz CT molecular complexity index is 903. The van der Waals surface area contributed by atoms with Crippen LogP contribution in [0.3, 0.4) is 0 Å². The molecule has 0 aliphatic rings. The normalized spacial score (nSPS) is 12.3. The van der Waals surface area contributed by atoms with Crippen LogP contribution in [-0.2, 0) is 0 Å². The van der Waals surface area contributed by atoms with Gasteiger partial charge in [0.05, 0.1) is 16.8 Å². The van der Waals surface area contributed by atoms with Crippen LogP contribution in [0.2, 0.25) is 0 Å². The molecule has 3 rings (SSSR count). The number of hydrogen-bond acceptors (Lipinski definition) is 2. The lowest BCUT2D eigenvalue weighted by atomic mass is 9.95. The number of pyridine rings is 1. The average Bonchev–Trinajstić information content (AvgIpc) is 2.60. The molecule has 0 aliphatic carbocycles. The summed E-state index contributed by atoms with van der Waals surface area (Å²) in [7, 11) is 0. The SMILES string of the molecule is CCC(C)c1ccc2nc(-c3ccc(F)cc3)cc(C(=O)O)c2c1. The molecular weight excluding hydrogens is 305 g/mol. The van der Waals surface area contributed by atoms with Crippen molar-refractivity contribution in [2.75, 3.05) is 0 Å². The van der Waals surface area contributed by atoms with E-state index >= 15 is 0 Å². The van der Waals surface area contributed by atoms with Gasteiger partial charge in [-0.1, -0.05) is 19.9 Å². The summed E-state index contributed by atoms with van der Waals surface area (Å²) in [5.74, 6) is -0.976. The molecule has 1 heterocycles. The molecule has 0 aliphatic heterocycles. The van der Waals surface area contributed by atoms with Gasteiger partial charge in [-0.2, -0.15) is 0 Å². The molecular formula is C20H18FNO2. The highest BCUT2D eigenvalue weighted by Crippen LogP contribution is 2.28. The first-order chi connectivity index (χ1) is 11.5. The minimum atomic E-state index is -0.993. The summed E-state index contributed by atoms with van der Waals surface area (Å²) in [6, 6.07) is 13.2. The molecule has 24 heavy (non-hydrogen) atoms. The second-order valence-electron chi connectivity index (χ2n) is 5.95. The Morgan fingerprint density at radius 1 is 1.17 bits per heavy atom. The summed E-state index contributed by atoms with van der Waals surface area (Å²) in [5.41, 5.74) is 3.15. The number of aromatic carboxylic acids is 1. The highest BCUT2D eigenvalue weighted by Gasteiger charge is 2.15. The van der Waals surface area contributed by atoms with Crippen molar-refractivity contribution in [1.82, 2.24) is 4.98 Å². The summed E-state index contributed by atoms with van der Waals surface area (Å²) in [4.78, 5) is 16.3. The number of carboxylic acid groups (broad SMARTS) is 1. The summed E-state index contributed by atoms with van der Waals surface area (Å²) in [6.07, 6.45) is 0.981. The number of rotatable bonds is 4. The Morgan fingerprint density at radius 3 is 2.50 bits per heavy atom. The molecule has 1 aromatic heterocycles. The van der Waals surface area contributed by atoms with E-state index in [1.54, 1.807) is 18.2 Å². The van der Waals surface area contributed by atoms with Gasteiger partial charge in [0, 0.05) is 10.9 Å². The third kappa shape index (κ3) is 3.00. The molecule has 3 aromatic rings. The summed E-state index contributed by atoms with van der Waals surface area (Å²) < 4.78 is 13.1. The van der Waals surface area contributed by atoms with Gasteiger partial charge in [0.15, 0.2) is 0 Å². The molecule has 0 saturated carbocycles. The zero-order chi connectivity index (χ0) is 17.3. The van der Waals surface area contributed by atoms with Crippen molar-refractivity contribution in [2.24, 2.45) is 0 Å². The highest BCUT2D eigenvalue weighted by molar-refractivity contribution is 6.04. The average molecular weight is 323 g/mol. The first kappa shape index (κ1) is 16.1. The Kier molecular flexibility index (Phi) is 4.30. The van der Waals surface area contributed by atoms with E-state index in [1.807, 2.05) is 18.2 Å². The van der Waals surface area contributed by atoms with Gasteiger partial charge in [-0.15, -0.1) is 0 Å². The molecule has 1 atom stereocenters. The van der Waals surface area contributed by atoms with E-state index in [9.17, 15) is 14.3 Å². The number of halogens is 1. The van der Waals surface area contributed by atoms with Crippen LogP contribution in [0.15, 0.2) is 48.5 Å². The number of carboxylic acids is 1. The van der Waals surface area contributed by atoms with Gasteiger partial charge in [-0.3, -0.25) is 0 Å². The van der Waals surface area contributed by atoms with E-state index in [2.05, 4.69) is 18.8 Å². The minimum absolute atomic E-state index is 0.212. The van der Waals surface area contributed by atoms with E-state index in [4.69, 9.17) is 0 Å². The second kappa shape index (κ2) is 6.40. The standard InChI is InChI=1S/C20H18FNO2/c1-3-12(2)14-6-9-18-16(10-14)17(20(23)24)11-19(22-18)13-4-7-15(21)8-5-13/h4-12H,3H2,1-2H3,(H,23,24). The first-order valence-electron chi connectivity index (χ1n) is 7.93. The number of hydrogen-bond donors (Lipinski definition) is 1. The lowest BCUT2D eigenvalue weighted by Crippen LogP contribution is -2.01. The molecule has 1 N–H and O–H groups in total. The minimum Gasteiger partial charge on any atom is -0.478 e. The predicted octanol–water partition coefficient (Wildman–Crippen LogP) is 5.25. The molecule has 3 nitrogen and oxygen atoms in total. The maximum absolute atomic E-state index is 13.1. The fraction of sp³-hybridized carbons (Fsp3) is 0.200. The predicted molar refractivity (Wildman–Crippen MR) is 92.8 cm³/mol. The fourth-order valence-corrected chi connectivity index (χ4v) is 2.73. The quantitative estimate of drug-likeness (QED) is 0.713. The van der Waals surface area contributed by atoms with Gasteiger partial charge in [-0.05, 0) is 60.4 Å². The topological polar surface area (TPSA) is 50.2 Å². The summed E-state index contributed by atoms with van der Waals surface area (Å²) >= 11 is 0. The number of fused-ring (bicyclic) bond motifs is 1. The van der Waals surface area contributed by atoms with Gasteiger partial charge in [0.25, 0.3) is 0 Å². The monoisotopic (exact) mass is 323 g/mol. The van der Waals surface area contributed by atoms with Crippen LogP contribution < -0.4 is 0 Å². The number of aromatic nitrogens is 1. The molecule has 0 saturated heterocycles. The Labute approximate surface area is 139 Å². The van der Waals surface area contributed by atoms with Crippen LogP contribution in [0.4, 0.5) is 4.39 Å². The lowest BCUT2D eigenvalue weighted by Gasteiger charge is -2.12. The van der Waals surface area contributed by atoms with Crippen LogP contribution in [0.25, 0.3) is 22.2 Å². The fourth-order valence-electron chi connectivity index (χ4n) is 2.73. The van der Waals surface area contributed by atoms with Gasteiger partial charge < -0.3 is 5.11 Å². The van der Waals surface area contributed by atoms with E-state index in [1.165, 1.54) is 12.1 Å². The van der Waals surface area contributed by atoms with Crippen LogP contribution >= 0.6 is 0 Å². The second-order valence-corrected chi connectivity index (χ2v) is 5.95. The Morgan fingerprint density at radius 2 is 1.88 bits per heavy atom. The molecule has 0 amide bonds. The smallest absolute Gasteiger partial charge is 0.336 e. The van der Waals surface area contributed by atoms with E-state index in [0.29, 0.717) is 28.1 Å². The zero-order valence-corrected chi connectivity index (χ0v) is 13.6. The molecule has 122 valence electrons. The maximum atomic E-state index is 13.1. The van der Waals surface area contributed by atoms with Crippen molar-refractivity contribution in [3.8, 4) is 11.3 Å². The number of benzene rings is 2. The van der Waals surface area contributed by atoms with Crippen molar-refractivity contribution < 1.29 is 14.3 Å². The number of carbonyl (C=O) groups is 1. The van der Waals surface area contributed by atoms with Crippen LogP contribution in [0, 0.1) is 5.82 Å². The van der Waals surface area contributed by atoms with Gasteiger partial charge in [0.2, 0.25) is 0 Å². The first-order valence-corrected chi connectivity index (χ1v) is 7.93. The van der Waals surface area contributed by atoms with Crippen molar-refractivity contribution in [1.29, 1.82) is 0 Å². The highest BCUT2D eigenvalue weighted by atomic mass is 19.1. The van der Waals surface area contributed by atoms with Crippen molar-refractivity contribution in [3.05, 3.63) is 65.5 Å². The van der Waals surface area contributed by atoms with Gasteiger partial charge in [0.1, 0.15) is 5.82 Å². The molecule has 0 bridgehead atoms. The number of nitrogens with zero attached hydrogens (tertiary/aromatic N) is 1. The molecule has 0 fully saturated rings. The molecule has 0 radical (unpaired) electrons. The van der Waals surface area contributed by atoms with Crippen molar-refractivity contribution in [3.63, 3.8) is 0 Å². The molecule has 4 heteroatoms. The third-order valence-electron chi connectivity index (χ3n) is 4.38. The maximum Gasteiger partial charge on any atom is 0.336 e. The zero-order valence-electron chi connectivity index (χ0n) is 13.6. The van der Waals surface area contributed by atoms with Crippen LogP contribution in [0.5, 0.6) is 0 Å². The lowest BCUT2D eigenvalue weighted by molar-refractivity contribution is 0.0699. The molecule has 0 spiro atoms. The third-order valence-corrected chi connectivity index (χ3v) is 4.38. The van der Waals surface area contributed by atoms with Gasteiger partial charge >= 0.3 is 5.97 Å². The van der Waals surface area contributed by atoms with E-state index in [0.717, 1.165) is 12.0 Å². The Balaban J connectivity index is 2.21.